The smallest absolute Gasteiger partial charge is 0.304 e. The molecule has 1 aromatic rings. The zero-order valence-corrected chi connectivity index (χ0v) is 10.8. The average molecular weight is 269 g/mol. The van der Waals surface area contributed by atoms with Crippen LogP contribution in [0.15, 0.2) is 24.3 Å². The van der Waals surface area contributed by atoms with Crippen molar-refractivity contribution in [3.63, 3.8) is 0 Å². The molecule has 1 fully saturated rings. The molecule has 0 spiro atoms. The van der Waals surface area contributed by atoms with Crippen molar-refractivity contribution in [2.45, 2.75) is 19.0 Å². The van der Waals surface area contributed by atoms with E-state index in [0.717, 1.165) is 18.1 Å². The molecule has 0 amide bonds. The van der Waals surface area contributed by atoms with Gasteiger partial charge in [0, 0.05) is 36.2 Å². The highest BCUT2D eigenvalue weighted by atomic mass is 32.2. The molecule has 1 heterocycles. The lowest BCUT2D eigenvalue weighted by Gasteiger charge is -2.34. The van der Waals surface area contributed by atoms with Gasteiger partial charge < -0.3 is 5.11 Å². The van der Waals surface area contributed by atoms with Crippen LogP contribution in [0.5, 0.6) is 0 Å². The van der Waals surface area contributed by atoms with Gasteiger partial charge in [0.1, 0.15) is 5.82 Å². The fraction of sp³-hybridized carbons (Fsp3) is 0.462. The number of aliphatic carboxylic acids is 1. The molecule has 1 saturated heterocycles. The van der Waals surface area contributed by atoms with Crippen LogP contribution >= 0.6 is 11.8 Å². The van der Waals surface area contributed by atoms with Gasteiger partial charge in [-0.3, -0.25) is 9.69 Å². The highest BCUT2D eigenvalue weighted by molar-refractivity contribution is 7.99. The van der Waals surface area contributed by atoms with Crippen molar-refractivity contribution >= 4 is 17.7 Å². The first-order chi connectivity index (χ1) is 8.66. The number of carboxylic acids is 1. The molecule has 1 atom stereocenters. The van der Waals surface area contributed by atoms with Crippen LogP contribution in [0, 0.1) is 5.82 Å². The molecule has 0 unspecified atom stereocenters. The third-order valence-electron chi connectivity index (χ3n) is 3.09. The first kappa shape index (κ1) is 13.4. The van der Waals surface area contributed by atoms with Crippen molar-refractivity contribution in [3.05, 3.63) is 35.6 Å². The zero-order chi connectivity index (χ0) is 13.0. The van der Waals surface area contributed by atoms with Crippen LogP contribution < -0.4 is 0 Å². The number of benzene rings is 1. The summed E-state index contributed by atoms with van der Waals surface area (Å²) in [7, 11) is 0. The Balaban J connectivity index is 2.05. The second-order valence-corrected chi connectivity index (χ2v) is 5.54. The van der Waals surface area contributed by atoms with Crippen molar-refractivity contribution in [1.29, 1.82) is 0 Å². The van der Waals surface area contributed by atoms with E-state index in [4.69, 9.17) is 5.11 Å². The first-order valence-corrected chi connectivity index (χ1v) is 7.09. The van der Waals surface area contributed by atoms with E-state index < -0.39 is 5.97 Å². The van der Waals surface area contributed by atoms with Crippen LogP contribution in [0.1, 0.15) is 12.0 Å². The minimum atomic E-state index is -0.791. The van der Waals surface area contributed by atoms with E-state index in [9.17, 15) is 9.18 Å². The molecule has 0 aliphatic carbocycles. The summed E-state index contributed by atoms with van der Waals surface area (Å²) < 4.78 is 13.6. The standard InChI is InChI=1S/C13H16FNO2S/c14-12-4-2-1-3-10(12)8-15-5-6-18-9-11(15)7-13(16)17/h1-4,11H,5-9H2,(H,16,17)/t11-/m0/s1. The second kappa shape index (κ2) is 6.20. The summed E-state index contributed by atoms with van der Waals surface area (Å²) in [6.07, 6.45) is 0.126. The summed E-state index contributed by atoms with van der Waals surface area (Å²) >= 11 is 1.76. The molecule has 18 heavy (non-hydrogen) atoms. The summed E-state index contributed by atoms with van der Waals surface area (Å²) in [5.74, 6) is 0.775. The van der Waals surface area contributed by atoms with Crippen LogP contribution in [0.2, 0.25) is 0 Å². The first-order valence-electron chi connectivity index (χ1n) is 5.94. The topological polar surface area (TPSA) is 40.5 Å². The molecule has 0 aromatic heterocycles. The second-order valence-electron chi connectivity index (χ2n) is 4.39. The Hall–Kier alpha value is -1.07. The molecule has 1 aromatic carbocycles. The maximum absolute atomic E-state index is 13.6. The molecular formula is C13H16FNO2S. The molecule has 2 rings (SSSR count). The normalized spacial score (nSPS) is 20.8. The van der Waals surface area contributed by atoms with Gasteiger partial charge in [0.25, 0.3) is 0 Å². The Labute approximate surface area is 110 Å². The summed E-state index contributed by atoms with van der Waals surface area (Å²) in [6.45, 7) is 1.31. The van der Waals surface area contributed by atoms with Gasteiger partial charge in [0.05, 0.1) is 6.42 Å². The lowest BCUT2D eigenvalue weighted by atomic mass is 10.1. The van der Waals surface area contributed by atoms with E-state index in [1.165, 1.54) is 6.07 Å². The Morgan fingerprint density at radius 3 is 3.00 bits per heavy atom. The molecule has 1 N–H and O–H groups in total. The maximum Gasteiger partial charge on any atom is 0.304 e. The van der Waals surface area contributed by atoms with Gasteiger partial charge in [-0.1, -0.05) is 18.2 Å². The van der Waals surface area contributed by atoms with E-state index in [1.807, 2.05) is 6.07 Å². The van der Waals surface area contributed by atoms with Crippen molar-refractivity contribution in [3.8, 4) is 0 Å². The summed E-state index contributed by atoms with van der Waals surface area (Å²) in [5, 5.41) is 8.89. The Morgan fingerprint density at radius 1 is 1.50 bits per heavy atom. The highest BCUT2D eigenvalue weighted by Crippen LogP contribution is 2.22. The van der Waals surface area contributed by atoms with Gasteiger partial charge in [-0.15, -0.1) is 0 Å². The van der Waals surface area contributed by atoms with Crippen LogP contribution in [0.25, 0.3) is 0 Å². The van der Waals surface area contributed by atoms with Gasteiger partial charge in [0.15, 0.2) is 0 Å². The van der Waals surface area contributed by atoms with E-state index in [2.05, 4.69) is 4.90 Å². The molecular weight excluding hydrogens is 253 g/mol. The van der Waals surface area contributed by atoms with E-state index in [1.54, 1.807) is 23.9 Å². The Morgan fingerprint density at radius 2 is 2.28 bits per heavy atom. The third kappa shape index (κ3) is 3.46. The molecule has 0 saturated carbocycles. The maximum atomic E-state index is 13.6. The fourth-order valence-corrected chi connectivity index (χ4v) is 3.26. The highest BCUT2D eigenvalue weighted by Gasteiger charge is 2.25. The quantitative estimate of drug-likeness (QED) is 0.910. The third-order valence-corrected chi connectivity index (χ3v) is 4.18. The van der Waals surface area contributed by atoms with Crippen LogP contribution in [-0.4, -0.2) is 40.1 Å². The minimum Gasteiger partial charge on any atom is -0.481 e. The summed E-state index contributed by atoms with van der Waals surface area (Å²) in [4.78, 5) is 12.9. The molecule has 1 aliphatic rings. The molecule has 98 valence electrons. The van der Waals surface area contributed by atoms with Gasteiger partial charge in [-0.2, -0.15) is 11.8 Å². The number of thioether (sulfide) groups is 1. The van der Waals surface area contributed by atoms with E-state index in [-0.39, 0.29) is 18.3 Å². The molecule has 3 nitrogen and oxygen atoms in total. The average Bonchev–Trinajstić information content (AvgIpc) is 2.34. The lowest BCUT2D eigenvalue weighted by Crippen LogP contribution is -2.43. The van der Waals surface area contributed by atoms with Crippen LogP contribution in [0.4, 0.5) is 4.39 Å². The van der Waals surface area contributed by atoms with Crippen LogP contribution in [-0.2, 0) is 11.3 Å². The van der Waals surface area contributed by atoms with Crippen LogP contribution in [0.3, 0.4) is 0 Å². The van der Waals surface area contributed by atoms with Crippen molar-refractivity contribution < 1.29 is 14.3 Å². The number of carbonyl (C=O) groups is 1. The monoisotopic (exact) mass is 269 g/mol. The number of nitrogens with zero attached hydrogens (tertiary/aromatic N) is 1. The van der Waals surface area contributed by atoms with Crippen molar-refractivity contribution in [2.75, 3.05) is 18.1 Å². The van der Waals surface area contributed by atoms with Gasteiger partial charge in [0.2, 0.25) is 0 Å². The molecule has 5 heteroatoms. The van der Waals surface area contributed by atoms with Gasteiger partial charge in [-0.25, -0.2) is 4.39 Å². The predicted octanol–water partition coefficient (Wildman–Crippen LogP) is 2.22. The minimum absolute atomic E-state index is 0.000793. The SMILES string of the molecule is O=C(O)C[C@H]1CSCCN1Cc1ccccc1F. The van der Waals surface area contributed by atoms with Gasteiger partial charge in [-0.05, 0) is 6.07 Å². The number of hydrogen-bond acceptors (Lipinski definition) is 3. The number of rotatable bonds is 4. The van der Waals surface area contributed by atoms with E-state index in [0.29, 0.717) is 12.1 Å². The van der Waals surface area contributed by atoms with Crippen molar-refractivity contribution in [2.24, 2.45) is 0 Å². The molecule has 0 bridgehead atoms. The number of halogens is 1. The predicted molar refractivity (Wildman–Crippen MR) is 70.2 cm³/mol. The van der Waals surface area contributed by atoms with Crippen molar-refractivity contribution in [1.82, 2.24) is 4.90 Å². The Bertz CT molecular complexity index is 427. The number of carboxylic acid groups (broad SMARTS) is 1. The summed E-state index contributed by atoms with van der Waals surface area (Å²) in [5.41, 5.74) is 0.639. The van der Waals surface area contributed by atoms with E-state index >= 15 is 0 Å². The Kier molecular flexibility index (Phi) is 4.60. The zero-order valence-electron chi connectivity index (χ0n) is 10.0. The lowest BCUT2D eigenvalue weighted by molar-refractivity contribution is -0.138. The summed E-state index contributed by atoms with van der Waals surface area (Å²) in [6, 6.07) is 6.68. The largest absolute Gasteiger partial charge is 0.481 e. The molecule has 1 aliphatic heterocycles. The molecule has 0 radical (unpaired) electrons. The number of hydrogen-bond donors (Lipinski definition) is 1. The fourth-order valence-electron chi connectivity index (χ4n) is 2.13. The van der Waals surface area contributed by atoms with Gasteiger partial charge >= 0.3 is 5.97 Å².